The van der Waals surface area contributed by atoms with Gasteiger partial charge in [0.1, 0.15) is 0 Å². The predicted molar refractivity (Wildman–Crippen MR) is 90.4 cm³/mol. The molecular weight excluding hydrogens is 254 g/mol. The topological polar surface area (TPSA) is 12.0 Å². The van der Waals surface area contributed by atoms with E-state index in [0.717, 1.165) is 13.1 Å². The Labute approximate surface area is 126 Å². The molecule has 0 heterocycles. The van der Waals surface area contributed by atoms with Crippen molar-refractivity contribution in [2.45, 2.75) is 26.9 Å². The van der Waals surface area contributed by atoms with Crippen LogP contribution in [0.5, 0.6) is 0 Å². The van der Waals surface area contributed by atoms with Gasteiger partial charge in [-0.25, -0.2) is 0 Å². The highest BCUT2D eigenvalue weighted by molar-refractivity contribution is 5.82. The summed E-state index contributed by atoms with van der Waals surface area (Å²) in [7, 11) is 0. The number of benzene rings is 3. The van der Waals surface area contributed by atoms with Crippen molar-refractivity contribution >= 4 is 10.8 Å². The fourth-order valence-electron chi connectivity index (χ4n) is 2.73. The third-order valence-corrected chi connectivity index (χ3v) is 3.96. The predicted octanol–water partition coefficient (Wildman–Crippen LogP) is 4.75. The molecule has 0 spiro atoms. The van der Waals surface area contributed by atoms with Gasteiger partial charge in [-0.05, 0) is 47.4 Å². The highest BCUT2D eigenvalue weighted by atomic mass is 14.8. The molecule has 0 bridgehead atoms. The van der Waals surface area contributed by atoms with Crippen LogP contribution in [0, 0.1) is 13.8 Å². The fourth-order valence-corrected chi connectivity index (χ4v) is 2.73. The minimum atomic E-state index is 0.901. The molecule has 3 rings (SSSR count). The molecule has 0 aliphatic rings. The maximum absolute atomic E-state index is 3.54. The Morgan fingerprint density at radius 3 is 2.38 bits per heavy atom. The van der Waals surface area contributed by atoms with E-state index in [0.29, 0.717) is 0 Å². The van der Waals surface area contributed by atoms with Gasteiger partial charge in [0, 0.05) is 13.1 Å². The lowest BCUT2D eigenvalue weighted by Crippen LogP contribution is -2.13. The lowest BCUT2D eigenvalue weighted by atomic mass is 10.1. The third kappa shape index (κ3) is 3.32. The summed E-state index contributed by atoms with van der Waals surface area (Å²) in [4.78, 5) is 0. The smallest absolute Gasteiger partial charge is 0.0211 e. The molecule has 3 aromatic rings. The van der Waals surface area contributed by atoms with Gasteiger partial charge in [-0.3, -0.25) is 0 Å². The summed E-state index contributed by atoms with van der Waals surface area (Å²) in [5, 5.41) is 6.15. The molecule has 1 N–H and O–H groups in total. The third-order valence-electron chi connectivity index (χ3n) is 3.96. The average molecular weight is 275 g/mol. The Kier molecular flexibility index (Phi) is 4.03. The van der Waals surface area contributed by atoms with E-state index in [1.54, 1.807) is 0 Å². The standard InChI is InChI=1S/C20H21N/c1-15-7-9-20(16(2)11-15)14-21-13-17-8-10-18-5-3-4-6-19(18)12-17/h3-12,21H,13-14H2,1-2H3. The van der Waals surface area contributed by atoms with E-state index in [4.69, 9.17) is 0 Å². The molecule has 0 saturated heterocycles. The van der Waals surface area contributed by atoms with Gasteiger partial charge < -0.3 is 5.32 Å². The van der Waals surface area contributed by atoms with Crippen LogP contribution in [-0.4, -0.2) is 0 Å². The van der Waals surface area contributed by atoms with Gasteiger partial charge in [-0.2, -0.15) is 0 Å². The summed E-state index contributed by atoms with van der Waals surface area (Å²) >= 11 is 0. The van der Waals surface area contributed by atoms with E-state index in [-0.39, 0.29) is 0 Å². The molecule has 21 heavy (non-hydrogen) atoms. The molecule has 0 aliphatic heterocycles. The van der Waals surface area contributed by atoms with Crippen LogP contribution in [0.25, 0.3) is 10.8 Å². The monoisotopic (exact) mass is 275 g/mol. The van der Waals surface area contributed by atoms with Gasteiger partial charge in [-0.1, -0.05) is 60.2 Å². The number of nitrogens with one attached hydrogen (secondary N) is 1. The Hall–Kier alpha value is -2.12. The number of hydrogen-bond acceptors (Lipinski definition) is 1. The van der Waals surface area contributed by atoms with E-state index < -0.39 is 0 Å². The Morgan fingerprint density at radius 2 is 1.57 bits per heavy atom. The van der Waals surface area contributed by atoms with Gasteiger partial charge in [0.25, 0.3) is 0 Å². The molecule has 0 radical (unpaired) electrons. The Morgan fingerprint density at radius 1 is 0.762 bits per heavy atom. The number of aryl methyl sites for hydroxylation is 2. The summed E-state index contributed by atoms with van der Waals surface area (Å²) in [6.07, 6.45) is 0. The second kappa shape index (κ2) is 6.11. The van der Waals surface area contributed by atoms with E-state index >= 15 is 0 Å². The van der Waals surface area contributed by atoms with Crippen LogP contribution in [0.3, 0.4) is 0 Å². The Balaban J connectivity index is 1.66. The van der Waals surface area contributed by atoms with Gasteiger partial charge in [0.15, 0.2) is 0 Å². The molecule has 0 atom stereocenters. The quantitative estimate of drug-likeness (QED) is 0.724. The van der Waals surface area contributed by atoms with Gasteiger partial charge >= 0.3 is 0 Å². The SMILES string of the molecule is Cc1ccc(CNCc2ccc3ccccc3c2)c(C)c1. The van der Waals surface area contributed by atoms with Crippen molar-refractivity contribution in [2.24, 2.45) is 0 Å². The van der Waals surface area contributed by atoms with Crippen LogP contribution in [0.4, 0.5) is 0 Å². The van der Waals surface area contributed by atoms with E-state index in [9.17, 15) is 0 Å². The zero-order chi connectivity index (χ0) is 14.7. The van der Waals surface area contributed by atoms with Crippen molar-refractivity contribution in [3.8, 4) is 0 Å². The first-order chi connectivity index (χ1) is 10.2. The maximum Gasteiger partial charge on any atom is 0.0211 e. The molecule has 0 fully saturated rings. The zero-order valence-electron chi connectivity index (χ0n) is 12.7. The van der Waals surface area contributed by atoms with Crippen LogP contribution in [0.1, 0.15) is 22.3 Å². The molecule has 0 unspecified atom stereocenters. The van der Waals surface area contributed by atoms with Crippen molar-refractivity contribution in [1.29, 1.82) is 0 Å². The number of hydrogen-bond donors (Lipinski definition) is 1. The first-order valence-corrected chi connectivity index (χ1v) is 7.47. The minimum Gasteiger partial charge on any atom is -0.309 e. The van der Waals surface area contributed by atoms with E-state index in [2.05, 4.69) is 79.8 Å². The lowest BCUT2D eigenvalue weighted by Gasteiger charge is -2.09. The van der Waals surface area contributed by atoms with Gasteiger partial charge in [0.2, 0.25) is 0 Å². The highest BCUT2D eigenvalue weighted by Crippen LogP contribution is 2.16. The van der Waals surface area contributed by atoms with Crippen LogP contribution >= 0.6 is 0 Å². The molecule has 0 aromatic heterocycles. The van der Waals surface area contributed by atoms with Crippen molar-refractivity contribution < 1.29 is 0 Å². The molecule has 0 amide bonds. The summed E-state index contributed by atoms with van der Waals surface area (Å²) in [6.45, 7) is 6.14. The molecule has 106 valence electrons. The van der Waals surface area contributed by atoms with Crippen LogP contribution in [0.15, 0.2) is 60.7 Å². The normalized spacial score (nSPS) is 11.0. The fraction of sp³-hybridized carbons (Fsp3) is 0.200. The minimum absolute atomic E-state index is 0.901. The molecule has 0 saturated carbocycles. The van der Waals surface area contributed by atoms with Crippen LogP contribution in [-0.2, 0) is 13.1 Å². The van der Waals surface area contributed by atoms with E-state index in [1.165, 1.54) is 33.0 Å². The molecule has 1 heteroatoms. The van der Waals surface area contributed by atoms with Gasteiger partial charge in [0.05, 0.1) is 0 Å². The van der Waals surface area contributed by atoms with Gasteiger partial charge in [-0.15, -0.1) is 0 Å². The van der Waals surface area contributed by atoms with Crippen molar-refractivity contribution in [2.75, 3.05) is 0 Å². The van der Waals surface area contributed by atoms with Crippen molar-refractivity contribution in [3.05, 3.63) is 82.9 Å². The van der Waals surface area contributed by atoms with Crippen molar-refractivity contribution in [1.82, 2.24) is 5.32 Å². The number of fused-ring (bicyclic) bond motifs is 1. The maximum atomic E-state index is 3.54. The summed E-state index contributed by atoms with van der Waals surface area (Å²) in [6, 6.07) is 21.8. The highest BCUT2D eigenvalue weighted by Gasteiger charge is 2.00. The first kappa shape index (κ1) is 13.8. The summed E-state index contributed by atoms with van der Waals surface area (Å²) in [5.41, 5.74) is 5.40. The number of rotatable bonds is 4. The summed E-state index contributed by atoms with van der Waals surface area (Å²) < 4.78 is 0. The second-order valence-electron chi connectivity index (χ2n) is 5.71. The molecular formula is C20H21N. The summed E-state index contributed by atoms with van der Waals surface area (Å²) in [5.74, 6) is 0. The Bertz CT molecular complexity index is 759. The van der Waals surface area contributed by atoms with Crippen LogP contribution < -0.4 is 5.32 Å². The zero-order valence-corrected chi connectivity index (χ0v) is 12.7. The largest absolute Gasteiger partial charge is 0.309 e. The average Bonchev–Trinajstić information content (AvgIpc) is 2.49. The van der Waals surface area contributed by atoms with Crippen molar-refractivity contribution in [3.63, 3.8) is 0 Å². The first-order valence-electron chi connectivity index (χ1n) is 7.47. The molecule has 3 aromatic carbocycles. The van der Waals surface area contributed by atoms with E-state index in [1.807, 2.05) is 0 Å². The second-order valence-corrected chi connectivity index (χ2v) is 5.71. The molecule has 1 nitrogen and oxygen atoms in total. The van der Waals surface area contributed by atoms with Crippen LogP contribution in [0.2, 0.25) is 0 Å². The molecule has 0 aliphatic carbocycles. The lowest BCUT2D eigenvalue weighted by molar-refractivity contribution is 0.691.